The van der Waals surface area contributed by atoms with Gasteiger partial charge in [-0.05, 0) is 81.3 Å². The highest BCUT2D eigenvalue weighted by atomic mass is 16.6. The zero-order valence-corrected chi connectivity index (χ0v) is 29.1. The minimum atomic E-state index is -0.989. The number of benzene rings is 2. The number of rotatable bonds is 8. The zero-order valence-electron chi connectivity index (χ0n) is 29.1. The number of nitrogens with one attached hydrogen (secondary N) is 1. The number of amides is 4. The van der Waals surface area contributed by atoms with Crippen LogP contribution in [0.1, 0.15) is 55.4 Å². The summed E-state index contributed by atoms with van der Waals surface area (Å²) >= 11 is 0. The second-order valence-corrected chi connectivity index (χ2v) is 14.0. The third-order valence-corrected chi connectivity index (χ3v) is 10.8. The van der Waals surface area contributed by atoms with Gasteiger partial charge >= 0.3 is 12.1 Å². The first kappa shape index (κ1) is 37.1. The first-order valence-electron chi connectivity index (χ1n) is 17.7. The second-order valence-electron chi connectivity index (χ2n) is 14.0. The molecule has 4 aliphatic heterocycles. The molecule has 4 aliphatic rings. The van der Waals surface area contributed by atoms with E-state index >= 15 is 0 Å². The van der Waals surface area contributed by atoms with E-state index in [1.54, 1.807) is 4.90 Å². The van der Waals surface area contributed by atoms with Gasteiger partial charge in [0.1, 0.15) is 5.75 Å². The zero-order chi connectivity index (χ0) is 34.5. The van der Waals surface area contributed by atoms with E-state index in [0.29, 0.717) is 63.8 Å². The van der Waals surface area contributed by atoms with Crippen LogP contribution in [0, 0.1) is 13.8 Å². The predicted octanol–water partition coefficient (Wildman–Crippen LogP) is 4.32. The average Bonchev–Trinajstić information content (AvgIpc) is 3.27. The van der Waals surface area contributed by atoms with E-state index in [1.807, 2.05) is 60.0 Å². The number of hydrogen-bond acceptors (Lipinski definition) is 8. The standard InChI is InChI=1S/C37H50N6O6.CH4/c1-26-22-28(23-27(2)34(26)48-25-44)24-33(35(45)41-13-9-30(10-14-41)40-20-18-39(3)19-21-40)49-37(47)42-15-11-31(12-16-42)43-17-8-29-6-4-5-7-32(29)38-36(43)46;/h4-7,22-23,25,30-31,33H,8-21,24H2,1-3H3,(H,38,46);1H4/t33-;/m1./s1. The number of piperazine rings is 1. The third kappa shape index (κ3) is 8.58. The number of aryl methyl sites for hydroxylation is 2. The normalized spacial score (nSPS) is 20.2. The molecule has 12 heteroatoms. The number of anilines is 1. The Hall–Kier alpha value is -4.16. The molecule has 1 N–H and O–H groups in total. The van der Waals surface area contributed by atoms with Crippen molar-refractivity contribution in [3.05, 3.63) is 58.7 Å². The number of para-hydroxylation sites is 1. The maximum atomic E-state index is 14.1. The van der Waals surface area contributed by atoms with Gasteiger partial charge in [0, 0.05) is 83.1 Å². The van der Waals surface area contributed by atoms with E-state index in [4.69, 9.17) is 9.47 Å². The number of likely N-dealkylation sites (N-methyl/N-ethyl adjacent to an activating group) is 1. The Morgan fingerprint density at radius 3 is 2.16 bits per heavy atom. The summed E-state index contributed by atoms with van der Waals surface area (Å²) in [6.45, 7) is 11.1. The summed E-state index contributed by atoms with van der Waals surface area (Å²) in [5.74, 6) is 0.318. The van der Waals surface area contributed by atoms with Crippen LogP contribution in [0.25, 0.3) is 0 Å². The fraction of sp³-hybridized carbons (Fsp3) is 0.579. The van der Waals surface area contributed by atoms with Crippen LogP contribution in [0.2, 0.25) is 0 Å². The minimum absolute atomic E-state index is 0. The lowest BCUT2D eigenvalue weighted by Crippen LogP contribution is -2.54. The van der Waals surface area contributed by atoms with Crippen molar-refractivity contribution < 1.29 is 28.7 Å². The fourth-order valence-corrected chi connectivity index (χ4v) is 7.92. The third-order valence-electron chi connectivity index (χ3n) is 10.8. The van der Waals surface area contributed by atoms with Gasteiger partial charge < -0.3 is 34.4 Å². The topological polar surface area (TPSA) is 115 Å². The molecule has 0 aromatic heterocycles. The Kier molecular flexibility index (Phi) is 12.4. The van der Waals surface area contributed by atoms with Crippen molar-refractivity contribution in [2.75, 3.05) is 71.3 Å². The smallest absolute Gasteiger partial charge is 0.410 e. The van der Waals surface area contributed by atoms with Gasteiger partial charge in [0.05, 0.1) is 0 Å². The molecule has 3 saturated heterocycles. The lowest BCUT2D eigenvalue weighted by atomic mass is 9.98. The van der Waals surface area contributed by atoms with E-state index < -0.39 is 12.2 Å². The van der Waals surface area contributed by atoms with Gasteiger partial charge in [0.15, 0.2) is 6.10 Å². The van der Waals surface area contributed by atoms with Gasteiger partial charge in [0.2, 0.25) is 0 Å². The highest BCUT2D eigenvalue weighted by molar-refractivity contribution is 5.91. The Balaban J connectivity index is 0.00000486. The van der Waals surface area contributed by atoms with Crippen molar-refractivity contribution >= 4 is 30.2 Å². The van der Waals surface area contributed by atoms with Crippen LogP contribution >= 0.6 is 0 Å². The van der Waals surface area contributed by atoms with Crippen LogP contribution in [0.15, 0.2) is 36.4 Å². The van der Waals surface area contributed by atoms with Gasteiger partial charge in [-0.15, -0.1) is 0 Å². The highest BCUT2D eigenvalue weighted by Gasteiger charge is 2.36. The van der Waals surface area contributed by atoms with E-state index in [-0.39, 0.29) is 31.8 Å². The molecule has 2 aromatic rings. The molecule has 0 unspecified atom stereocenters. The molecule has 6 rings (SSSR count). The number of nitrogens with zero attached hydrogens (tertiary/aromatic N) is 5. The number of fused-ring (bicyclic) bond motifs is 1. The molecule has 4 amide bonds. The van der Waals surface area contributed by atoms with Gasteiger partial charge in [-0.2, -0.15) is 0 Å². The molecule has 0 spiro atoms. The summed E-state index contributed by atoms with van der Waals surface area (Å²) in [4.78, 5) is 62.2. The van der Waals surface area contributed by atoms with Crippen molar-refractivity contribution in [3.63, 3.8) is 0 Å². The van der Waals surface area contributed by atoms with E-state index in [9.17, 15) is 19.2 Å². The number of urea groups is 1. The molecule has 50 heavy (non-hydrogen) atoms. The van der Waals surface area contributed by atoms with Crippen LogP contribution in [-0.2, 0) is 27.2 Å². The van der Waals surface area contributed by atoms with Crippen LogP contribution in [0.4, 0.5) is 15.3 Å². The Bertz CT molecular complexity index is 1490. The van der Waals surface area contributed by atoms with Gasteiger partial charge in [-0.25, -0.2) is 9.59 Å². The first-order chi connectivity index (χ1) is 23.7. The molecule has 1 atom stereocenters. The molecule has 272 valence electrons. The summed E-state index contributed by atoms with van der Waals surface area (Å²) in [5.41, 5.74) is 4.35. The second kappa shape index (κ2) is 16.7. The first-order valence-corrected chi connectivity index (χ1v) is 17.7. The number of likely N-dealkylation sites (tertiary alicyclic amines) is 2. The van der Waals surface area contributed by atoms with Crippen molar-refractivity contribution in [3.8, 4) is 5.75 Å². The predicted molar refractivity (Wildman–Crippen MR) is 192 cm³/mol. The van der Waals surface area contributed by atoms with Crippen LogP contribution in [0.5, 0.6) is 5.75 Å². The monoisotopic (exact) mass is 690 g/mol. The molecule has 12 nitrogen and oxygen atoms in total. The Morgan fingerprint density at radius 1 is 0.880 bits per heavy atom. The number of ether oxygens (including phenoxy) is 2. The summed E-state index contributed by atoms with van der Waals surface area (Å²) in [6, 6.07) is 12.0. The maximum absolute atomic E-state index is 14.1. The molecule has 0 radical (unpaired) electrons. The van der Waals surface area contributed by atoms with Gasteiger partial charge in [0.25, 0.3) is 12.4 Å². The van der Waals surface area contributed by atoms with Crippen molar-refractivity contribution in [1.82, 2.24) is 24.5 Å². The molecular weight excluding hydrogens is 636 g/mol. The number of carbonyl (C=O) groups excluding carboxylic acids is 4. The SMILES string of the molecule is C.Cc1cc(C[C@@H](OC(=O)N2CCC(N3CCc4ccccc4NC3=O)CC2)C(=O)N2CCC(N3CCN(C)CC3)CC2)cc(C)c1OC=O. The molecule has 0 aliphatic carbocycles. The van der Waals surface area contributed by atoms with E-state index in [1.165, 1.54) is 0 Å². The van der Waals surface area contributed by atoms with Gasteiger partial charge in [-0.1, -0.05) is 37.8 Å². The summed E-state index contributed by atoms with van der Waals surface area (Å²) in [5, 5.41) is 3.05. The lowest BCUT2D eigenvalue weighted by molar-refractivity contribution is -0.142. The molecule has 0 saturated carbocycles. The fourth-order valence-electron chi connectivity index (χ4n) is 7.92. The molecule has 0 bridgehead atoms. The molecule has 2 aromatic carbocycles. The lowest BCUT2D eigenvalue weighted by Gasteiger charge is -2.42. The van der Waals surface area contributed by atoms with Crippen LogP contribution in [-0.4, -0.2) is 133 Å². The minimum Gasteiger partial charge on any atom is -0.436 e. The maximum Gasteiger partial charge on any atom is 0.410 e. The van der Waals surface area contributed by atoms with Crippen molar-refractivity contribution in [1.29, 1.82) is 0 Å². The molecule has 3 fully saturated rings. The van der Waals surface area contributed by atoms with E-state index in [0.717, 1.165) is 73.4 Å². The number of carbonyl (C=O) groups is 4. The Labute approximate surface area is 296 Å². The molecule has 4 heterocycles. The summed E-state index contributed by atoms with van der Waals surface area (Å²) < 4.78 is 11.3. The van der Waals surface area contributed by atoms with Crippen LogP contribution in [0.3, 0.4) is 0 Å². The highest BCUT2D eigenvalue weighted by Crippen LogP contribution is 2.28. The van der Waals surface area contributed by atoms with Crippen molar-refractivity contribution in [2.45, 2.75) is 78.0 Å². The molecular formula is C38H54N6O6. The van der Waals surface area contributed by atoms with Crippen LogP contribution < -0.4 is 10.1 Å². The summed E-state index contributed by atoms with van der Waals surface area (Å²) in [7, 11) is 2.15. The number of hydrogen-bond donors (Lipinski definition) is 1. The number of piperidine rings is 2. The Morgan fingerprint density at radius 2 is 1.50 bits per heavy atom. The average molecular weight is 691 g/mol. The summed E-state index contributed by atoms with van der Waals surface area (Å²) in [6.07, 6.45) is 2.56. The van der Waals surface area contributed by atoms with Gasteiger partial charge in [-0.3, -0.25) is 14.5 Å². The van der Waals surface area contributed by atoms with E-state index in [2.05, 4.69) is 22.2 Å². The largest absolute Gasteiger partial charge is 0.436 e. The quantitative estimate of drug-likeness (QED) is 0.408. The van der Waals surface area contributed by atoms with Crippen molar-refractivity contribution in [2.24, 2.45) is 0 Å².